The third-order valence-corrected chi connectivity index (χ3v) is 3.76. The summed E-state index contributed by atoms with van der Waals surface area (Å²) in [6.45, 7) is 3.61. The summed E-state index contributed by atoms with van der Waals surface area (Å²) in [7, 11) is 1.43. The Morgan fingerprint density at radius 3 is 2.57 bits per heavy atom. The van der Waals surface area contributed by atoms with Crippen LogP contribution in [0.4, 0.5) is 14.9 Å². The largest absolute Gasteiger partial charge is 0.355 e. The van der Waals surface area contributed by atoms with Crippen LogP contribution < -0.4 is 10.6 Å². The molecule has 3 amide bonds. The van der Waals surface area contributed by atoms with Crippen molar-refractivity contribution >= 4 is 17.6 Å². The summed E-state index contributed by atoms with van der Waals surface area (Å²) < 4.78 is 13.6. The van der Waals surface area contributed by atoms with Crippen molar-refractivity contribution < 1.29 is 14.0 Å². The summed E-state index contributed by atoms with van der Waals surface area (Å²) in [6, 6.07) is 3.76. The zero-order valence-corrected chi connectivity index (χ0v) is 12.3. The van der Waals surface area contributed by atoms with Gasteiger partial charge in [-0.2, -0.15) is 0 Å². The average Bonchev–Trinajstić information content (AvgIpc) is 2.49. The highest BCUT2D eigenvalue weighted by Crippen LogP contribution is 2.19. The van der Waals surface area contributed by atoms with Gasteiger partial charge in [-0.1, -0.05) is 6.92 Å². The molecular weight excluding hydrogens is 273 g/mol. The molecule has 1 saturated heterocycles. The molecule has 6 heteroatoms. The molecule has 0 aromatic heterocycles. The lowest BCUT2D eigenvalue weighted by atomic mass is 10.00. The second kappa shape index (κ2) is 6.56. The van der Waals surface area contributed by atoms with Gasteiger partial charge in [0.05, 0.1) is 5.56 Å². The molecule has 0 saturated carbocycles. The smallest absolute Gasteiger partial charge is 0.321 e. The number of likely N-dealkylation sites (tertiary alicyclic amines) is 1. The zero-order valence-electron chi connectivity index (χ0n) is 12.3. The number of amides is 3. The number of piperidine rings is 1. The number of benzene rings is 1. The Morgan fingerprint density at radius 1 is 1.29 bits per heavy atom. The maximum Gasteiger partial charge on any atom is 0.321 e. The van der Waals surface area contributed by atoms with Gasteiger partial charge >= 0.3 is 6.03 Å². The van der Waals surface area contributed by atoms with E-state index in [1.807, 2.05) is 0 Å². The first kappa shape index (κ1) is 15.3. The van der Waals surface area contributed by atoms with Crippen molar-refractivity contribution in [2.24, 2.45) is 5.92 Å². The van der Waals surface area contributed by atoms with E-state index in [0.717, 1.165) is 25.9 Å². The van der Waals surface area contributed by atoms with E-state index in [9.17, 15) is 14.0 Å². The maximum absolute atomic E-state index is 13.6. The lowest BCUT2D eigenvalue weighted by Crippen LogP contribution is -2.40. The number of carbonyl (C=O) groups excluding carboxylic acids is 2. The SMILES string of the molecule is CNC(=O)c1cc(NC(=O)N2CCC(C)CC2)ccc1F. The van der Waals surface area contributed by atoms with Crippen molar-refractivity contribution in [3.8, 4) is 0 Å². The molecular formula is C15H20FN3O2. The van der Waals surface area contributed by atoms with Crippen LogP contribution in [0.1, 0.15) is 30.1 Å². The van der Waals surface area contributed by atoms with Gasteiger partial charge in [0.1, 0.15) is 5.82 Å². The molecule has 2 N–H and O–H groups in total. The predicted molar refractivity (Wildman–Crippen MR) is 78.8 cm³/mol. The van der Waals surface area contributed by atoms with Gasteiger partial charge in [0.15, 0.2) is 0 Å². The minimum Gasteiger partial charge on any atom is -0.355 e. The van der Waals surface area contributed by atoms with E-state index in [2.05, 4.69) is 17.6 Å². The van der Waals surface area contributed by atoms with Crippen molar-refractivity contribution in [2.45, 2.75) is 19.8 Å². The molecule has 1 aromatic carbocycles. The molecule has 0 atom stereocenters. The molecule has 1 aliphatic heterocycles. The summed E-state index contributed by atoms with van der Waals surface area (Å²) >= 11 is 0. The lowest BCUT2D eigenvalue weighted by Gasteiger charge is -2.30. The molecule has 114 valence electrons. The number of urea groups is 1. The summed E-state index contributed by atoms with van der Waals surface area (Å²) in [4.78, 5) is 25.4. The number of rotatable bonds is 2. The van der Waals surface area contributed by atoms with E-state index in [4.69, 9.17) is 0 Å². The van der Waals surface area contributed by atoms with Crippen molar-refractivity contribution in [1.29, 1.82) is 0 Å². The van der Waals surface area contributed by atoms with Gasteiger partial charge in [-0.25, -0.2) is 9.18 Å². The molecule has 21 heavy (non-hydrogen) atoms. The minimum atomic E-state index is -0.612. The van der Waals surface area contributed by atoms with E-state index < -0.39 is 11.7 Å². The van der Waals surface area contributed by atoms with Crippen LogP contribution in [-0.4, -0.2) is 37.0 Å². The van der Waals surface area contributed by atoms with E-state index in [0.29, 0.717) is 11.6 Å². The molecule has 0 spiro atoms. The van der Waals surface area contributed by atoms with Gasteiger partial charge in [-0.15, -0.1) is 0 Å². The highest BCUT2D eigenvalue weighted by atomic mass is 19.1. The van der Waals surface area contributed by atoms with E-state index in [1.165, 1.54) is 25.2 Å². The Labute approximate surface area is 123 Å². The Hall–Kier alpha value is -2.11. The third kappa shape index (κ3) is 3.71. The monoisotopic (exact) mass is 293 g/mol. The molecule has 5 nitrogen and oxygen atoms in total. The fraction of sp³-hybridized carbons (Fsp3) is 0.467. The standard InChI is InChI=1S/C15H20FN3O2/c1-10-5-7-19(8-6-10)15(21)18-11-3-4-13(16)12(9-11)14(20)17-2/h3-4,9-10H,5-8H2,1-2H3,(H,17,20)(H,18,21). The van der Waals surface area contributed by atoms with E-state index in [-0.39, 0.29) is 11.6 Å². The van der Waals surface area contributed by atoms with Crippen LogP contribution in [0.25, 0.3) is 0 Å². The van der Waals surface area contributed by atoms with Gasteiger partial charge in [-0.3, -0.25) is 4.79 Å². The first-order valence-electron chi connectivity index (χ1n) is 7.09. The Bertz CT molecular complexity index is 540. The van der Waals surface area contributed by atoms with Crippen LogP contribution in [0.3, 0.4) is 0 Å². The number of nitrogens with zero attached hydrogens (tertiary/aromatic N) is 1. The van der Waals surface area contributed by atoms with Gasteiger partial charge in [0.2, 0.25) is 0 Å². The number of halogens is 1. The van der Waals surface area contributed by atoms with Crippen molar-refractivity contribution in [3.63, 3.8) is 0 Å². The number of hydrogen-bond donors (Lipinski definition) is 2. The fourth-order valence-corrected chi connectivity index (χ4v) is 2.33. The number of carbonyl (C=O) groups is 2. The Balaban J connectivity index is 2.05. The molecule has 2 rings (SSSR count). The van der Waals surface area contributed by atoms with E-state index >= 15 is 0 Å². The molecule has 1 fully saturated rings. The zero-order chi connectivity index (χ0) is 15.4. The van der Waals surface area contributed by atoms with Gasteiger partial charge in [-0.05, 0) is 37.0 Å². The van der Waals surface area contributed by atoms with Crippen molar-refractivity contribution in [2.75, 3.05) is 25.5 Å². The number of nitrogens with one attached hydrogen (secondary N) is 2. The molecule has 1 heterocycles. The predicted octanol–water partition coefficient (Wildman–Crippen LogP) is 2.45. The summed E-state index contributed by atoms with van der Waals surface area (Å²) in [6.07, 6.45) is 1.97. The first-order valence-corrected chi connectivity index (χ1v) is 7.09. The van der Waals surface area contributed by atoms with Gasteiger partial charge < -0.3 is 15.5 Å². The third-order valence-electron chi connectivity index (χ3n) is 3.76. The van der Waals surface area contributed by atoms with Gasteiger partial charge in [0.25, 0.3) is 5.91 Å². The Morgan fingerprint density at radius 2 is 1.95 bits per heavy atom. The number of anilines is 1. The highest BCUT2D eigenvalue weighted by molar-refractivity contribution is 5.97. The maximum atomic E-state index is 13.6. The molecule has 1 aliphatic rings. The average molecular weight is 293 g/mol. The lowest BCUT2D eigenvalue weighted by molar-refractivity contribution is 0.0959. The molecule has 0 unspecified atom stereocenters. The summed E-state index contributed by atoms with van der Waals surface area (Å²) in [5.74, 6) is -0.491. The van der Waals surface area contributed by atoms with Crippen LogP contribution in [0.2, 0.25) is 0 Å². The van der Waals surface area contributed by atoms with Crippen molar-refractivity contribution in [1.82, 2.24) is 10.2 Å². The van der Waals surface area contributed by atoms with Crippen molar-refractivity contribution in [3.05, 3.63) is 29.6 Å². The molecule has 0 radical (unpaired) electrons. The van der Waals surface area contributed by atoms with Crippen LogP contribution in [0, 0.1) is 11.7 Å². The highest BCUT2D eigenvalue weighted by Gasteiger charge is 2.20. The normalized spacial score (nSPS) is 15.7. The summed E-state index contributed by atoms with van der Waals surface area (Å²) in [5.41, 5.74) is 0.334. The quantitative estimate of drug-likeness (QED) is 0.880. The van der Waals surface area contributed by atoms with Crippen LogP contribution in [0.5, 0.6) is 0 Å². The van der Waals surface area contributed by atoms with Crippen LogP contribution in [0.15, 0.2) is 18.2 Å². The van der Waals surface area contributed by atoms with E-state index in [1.54, 1.807) is 4.90 Å². The molecule has 0 aliphatic carbocycles. The van der Waals surface area contributed by atoms with Gasteiger partial charge in [0, 0.05) is 25.8 Å². The topological polar surface area (TPSA) is 61.4 Å². The number of hydrogen-bond acceptors (Lipinski definition) is 2. The first-order chi connectivity index (χ1) is 10.0. The summed E-state index contributed by atoms with van der Waals surface area (Å²) in [5, 5.41) is 5.08. The fourth-order valence-electron chi connectivity index (χ4n) is 2.33. The second-order valence-corrected chi connectivity index (χ2v) is 5.37. The minimum absolute atomic E-state index is 0.0810. The van der Waals surface area contributed by atoms with Crippen LogP contribution >= 0.6 is 0 Å². The molecule has 1 aromatic rings. The van der Waals surface area contributed by atoms with Crippen LogP contribution in [-0.2, 0) is 0 Å². The Kier molecular flexibility index (Phi) is 4.77. The molecule has 0 bridgehead atoms. The second-order valence-electron chi connectivity index (χ2n) is 5.37.